The fraction of sp³-hybridized carbons (Fsp3) is 0.357. The van der Waals surface area contributed by atoms with Gasteiger partial charge in [-0.15, -0.1) is 5.10 Å². The van der Waals surface area contributed by atoms with E-state index in [4.69, 9.17) is 0 Å². The van der Waals surface area contributed by atoms with Crippen LogP contribution >= 0.6 is 0 Å². The molecule has 6 heteroatoms. The molecule has 0 radical (unpaired) electrons. The van der Waals surface area contributed by atoms with Crippen molar-refractivity contribution in [2.24, 2.45) is 0 Å². The van der Waals surface area contributed by atoms with Crippen molar-refractivity contribution in [3.8, 4) is 5.69 Å². The fourth-order valence-corrected chi connectivity index (χ4v) is 1.88. The predicted molar refractivity (Wildman–Crippen MR) is 74.7 cm³/mol. The molecule has 1 heterocycles. The van der Waals surface area contributed by atoms with Crippen molar-refractivity contribution >= 4 is 5.91 Å². The third-order valence-electron chi connectivity index (χ3n) is 3.13. The summed E-state index contributed by atoms with van der Waals surface area (Å²) in [5, 5.41) is 14.5. The van der Waals surface area contributed by atoms with E-state index in [0.29, 0.717) is 18.3 Å². The lowest BCUT2D eigenvalue weighted by Gasteiger charge is -2.03. The molecule has 1 fully saturated rings. The molecule has 1 aliphatic carbocycles. The first-order chi connectivity index (χ1) is 9.83. The van der Waals surface area contributed by atoms with Gasteiger partial charge in [0, 0.05) is 19.1 Å². The van der Waals surface area contributed by atoms with E-state index < -0.39 is 0 Å². The molecule has 0 bridgehead atoms. The number of carbonyl (C=O) groups excluding carboxylic acids is 1. The smallest absolute Gasteiger partial charge is 0.273 e. The van der Waals surface area contributed by atoms with Crippen molar-refractivity contribution in [3.05, 3.63) is 42.2 Å². The van der Waals surface area contributed by atoms with Crippen LogP contribution in [-0.4, -0.2) is 40.0 Å². The zero-order valence-corrected chi connectivity index (χ0v) is 11.1. The summed E-state index contributed by atoms with van der Waals surface area (Å²) in [7, 11) is 0. The fourth-order valence-electron chi connectivity index (χ4n) is 1.88. The Morgan fingerprint density at radius 3 is 2.80 bits per heavy atom. The topological polar surface area (TPSA) is 71.8 Å². The van der Waals surface area contributed by atoms with Crippen molar-refractivity contribution < 1.29 is 4.79 Å². The highest BCUT2D eigenvalue weighted by Crippen LogP contribution is 2.17. The SMILES string of the molecule is O=C(NCCNC1CC1)c1cnn(-c2ccccc2)n1. The zero-order chi connectivity index (χ0) is 13.8. The molecule has 2 N–H and O–H groups in total. The quantitative estimate of drug-likeness (QED) is 0.761. The lowest BCUT2D eigenvalue weighted by Crippen LogP contribution is -2.32. The van der Waals surface area contributed by atoms with Gasteiger partial charge in [0.15, 0.2) is 5.69 Å². The first-order valence-electron chi connectivity index (χ1n) is 6.82. The molecule has 1 aromatic carbocycles. The number of hydrogen-bond donors (Lipinski definition) is 2. The molecule has 2 aromatic rings. The summed E-state index contributed by atoms with van der Waals surface area (Å²) in [6.45, 7) is 1.40. The number of amides is 1. The number of aromatic nitrogens is 3. The van der Waals surface area contributed by atoms with Crippen LogP contribution in [0.2, 0.25) is 0 Å². The van der Waals surface area contributed by atoms with Crippen LogP contribution in [0.4, 0.5) is 0 Å². The number of hydrogen-bond acceptors (Lipinski definition) is 4. The molecule has 0 aliphatic heterocycles. The Morgan fingerprint density at radius 1 is 1.25 bits per heavy atom. The van der Waals surface area contributed by atoms with Crippen LogP contribution in [0.5, 0.6) is 0 Å². The highest BCUT2D eigenvalue weighted by Gasteiger charge is 2.19. The zero-order valence-electron chi connectivity index (χ0n) is 11.1. The summed E-state index contributed by atoms with van der Waals surface area (Å²) in [5.74, 6) is -0.190. The largest absolute Gasteiger partial charge is 0.349 e. The van der Waals surface area contributed by atoms with Gasteiger partial charge in [-0.3, -0.25) is 4.79 Å². The van der Waals surface area contributed by atoms with E-state index in [9.17, 15) is 4.79 Å². The van der Waals surface area contributed by atoms with Gasteiger partial charge in [0.05, 0.1) is 11.9 Å². The predicted octanol–water partition coefficient (Wildman–Crippen LogP) is 0.749. The molecule has 0 atom stereocenters. The van der Waals surface area contributed by atoms with Gasteiger partial charge in [-0.05, 0) is 25.0 Å². The molecular formula is C14H17N5O. The number of para-hydroxylation sites is 1. The maximum Gasteiger partial charge on any atom is 0.273 e. The van der Waals surface area contributed by atoms with Crippen LogP contribution in [0.15, 0.2) is 36.5 Å². The van der Waals surface area contributed by atoms with Gasteiger partial charge in [-0.2, -0.15) is 9.90 Å². The van der Waals surface area contributed by atoms with Gasteiger partial charge in [0.1, 0.15) is 0 Å². The second-order valence-electron chi connectivity index (χ2n) is 4.84. The normalized spacial score (nSPS) is 14.2. The summed E-state index contributed by atoms with van der Waals surface area (Å²) < 4.78 is 0. The molecule has 104 valence electrons. The van der Waals surface area contributed by atoms with E-state index in [1.54, 1.807) is 0 Å². The molecule has 1 aromatic heterocycles. The second kappa shape index (κ2) is 5.83. The van der Waals surface area contributed by atoms with Crippen LogP contribution in [0, 0.1) is 0 Å². The van der Waals surface area contributed by atoms with Gasteiger partial charge >= 0.3 is 0 Å². The Kier molecular flexibility index (Phi) is 3.73. The lowest BCUT2D eigenvalue weighted by molar-refractivity contribution is 0.0948. The first kappa shape index (κ1) is 12.8. The molecule has 1 amide bonds. The molecule has 1 aliphatic rings. The number of rotatable bonds is 6. The van der Waals surface area contributed by atoms with Crippen LogP contribution in [0.1, 0.15) is 23.3 Å². The van der Waals surface area contributed by atoms with E-state index in [0.717, 1.165) is 12.2 Å². The number of carbonyl (C=O) groups is 1. The Hall–Kier alpha value is -2.21. The minimum atomic E-state index is -0.190. The Labute approximate surface area is 117 Å². The highest BCUT2D eigenvalue weighted by atomic mass is 16.2. The molecule has 0 unspecified atom stereocenters. The van der Waals surface area contributed by atoms with Crippen molar-refractivity contribution in [2.45, 2.75) is 18.9 Å². The maximum absolute atomic E-state index is 11.9. The molecular weight excluding hydrogens is 254 g/mol. The third kappa shape index (κ3) is 3.21. The van der Waals surface area contributed by atoms with Crippen molar-refractivity contribution in [3.63, 3.8) is 0 Å². The minimum absolute atomic E-state index is 0.190. The lowest BCUT2D eigenvalue weighted by atomic mass is 10.3. The van der Waals surface area contributed by atoms with Crippen LogP contribution in [0.25, 0.3) is 5.69 Å². The van der Waals surface area contributed by atoms with Crippen LogP contribution in [-0.2, 0) is 0 Å². The molecule has 0 spiro atoms. The van der Waals surface area contributed by atoms with E-state index in [1.807, 2.05) is 30.3 Å². The molecule has 3 rings (SSSR count). The minimum Gasteiger partial charge on any atom is -0.349 e. The average Bonchev–Trinajstić information content (AvgIpc) is 3.18. The Morgan fingerprint density at radius 2 is 2.05 bits per heavy atom. The molecule has 6 nitrogen and oxygen atoms in total. The van der Waals surface area contributed by atoms with E-state index in [1.165, 1.54) is 23.8 Å². The van der Waals surface area contributed by atoms with Gasteiger partial charge in [0.25, 0.3) is 5.91 Å². The summed E-state index contributed by atoms with van der Waals surface area (Å²) in [6.07, 6.45) is 3.98. The van der Waals surface area contributed by atoms with Gasteiger partial charge in [0.2, 0.25) is 0 Å². The molecule has 20 heavy (non-hydrogen) atoms. The van der Waals surface area contributed by atoms with E-state index in [2.05, 4.69) is 20.8 Å². The average molecular weight is 271 g/mol. The van der Waals surface area contributed by atoms with Crippen molar-refractivity contribution in [1.29, 1.82) is 0 Å². The van der Waals surface area contributed by atoms with Crippen LogP contribution < -0.4 is 10.6 Å². The summed E-state index contributed by atoms with van der Waals surface area (Å²) in [5.41, 5.74) is 1.17. The Bertz CT molecular complexity index is 576. The number of nitrogens with one attached hydrogen (secondary N) is 2. The van der Waals surface area contributed by atoms with E-state index in [-0.39, 0.29) is 5.91 Å². The number of benzene rings is 1. The summed E-state index contributed by atoms with van der Waals surface area (Å²) in [4.78, 5) is 13.4. The first-order valence-corrected chi connectivity index (χ1v) is 6.82. The standard InChI is InChI=1S/C14H17N5O/c20-14(16-9-8-15-11-6-7-11)13-10-17-19(18-13)12-4-2-1-3-5-12/h1-5,10-11,15H,6-9H2,(H,16,20). The highest BCUT2D eigenvalue weighted by molar-refractivity contribution is 5.91. The van der Waals surface area contributed by atoms with Gasteiger partial charge in [-0.1, -0.05) is 18.2 Å². The summed E-state index contributed by atoms with van der Waals surface area (Å²) >= 11 is 0. The molecule has 1 saturated carbocycles. The van der Waals surface area contributed by atoms with Crippen molar-refractivity contribution in [2.75, 3.05) is 13.1 Å². The monoisotopic (exact) mass is 271 g/mol. The van der Waals surface area contributed by atoms with Crippen molar-refractivity contribution in [1.82, 2.24) is 25.6 Å². The summed E-state index contributed by atoms with van der Waals surface area (Å²) in [6, 6.07) is 10.2. The van der Waals surface area contributed by atoms with Crippen LogP contribution in [0.3, 0.4) is 0 Å². The Balaban J connectivity index is 1.54. The van der Waals surface area contributed by atoms with Gasteiger partial charge < -0.3 is 10.6 Å². The number of nitrogens with zero attached hydrogens (tertiary/aromatic N) is 3. The van der Waals surface area contributed by atoms with Gasteiger partial charge in [-0.25, -0.2) is 0 Å². The second-order valence-corrected chi connectivity index (χ2v) is 4.84. The molecule has 0 saturated heterocycles. The maximum atomic E-state index is 11.9. The third-order valence-corrected chi connectivity index (χ3v) is 3.13. The van der Waals surface area contributed by atoms with E-state index >= 15 is 0 Å².